The molecule has 0 radical (unpaired) electrons. The number of carbonyl (C=O) groups excluding carboxylic acids is 4. The van der Waals surface area contributed by atoms with E-state index in [1.54, 1.807) is 19.6 Å². The first-order chi connectivity index (χ1) is 70.2. The van der Waals surface area contributed by atoms with Crippen molar-refractivity contribution in [2.75, 3.05) is 26.2 Å². The fourth-order valence-electron chi connectivity index (χ4n) is 20.6. The fourth-order valence-corrected chi connectivity index (χ4v) is 36.5. The summed E-state index contributed by atoms with van der Waals surface area (Å²) in [7, 11) is 0. The Labute approximate surface area is 928 Å². The zero-order valence-electron chi connectivity index (χ0n) is 86.5. The van der Waals surface area contributed by atoms with E-state index in [0.29, 0.717) is 63.1 Å². The second-order valence-electron chi connectivity index (χ2n) is 39.1. The lowest BCUT2D eigenvalue weighted by molar-refractivity contribution is -0.122. The predicted octanol–water partition coefficient (Wildman–Crippen LogP) is 40.3. The molecule has 0 aliphatic carbocycles. The van der Waals surface area contributed by atoms with E-state index in [4.69, 9.17) is 48.9 Å². The molecule has 4 aliphatic rings. The van der Waals surface area contributed by atoms with Crippen molar-refractivity contribution in [1.82, 2.24) is 19.6 Å². The molecule has 16 rings (SSSR count). The van der Waals surface area contributed by atoms with Crippen LogP contribution in [0.5, 0.6) is 0 Å². The molecule has 8 aromatic heterocycles. The molecular formula is C120H142N4O4S16. The van der Waals surface area contributed by atoms with Gasteiger partial charge in [-0.2, -0.15) is 0 Å². The number of unbranched alkanes of at least 4 members (excludes halogenated alkanes) is 24. The van der Waals surface area contributed by atoms with Crippen LogP contribution in [0, 0.1) is 0 Å². The standard InChI is InChI=1S/C120H142N4O4S16/c1-13-25-33-41-49-75-61-99(133-91(75)71-103-113(125)121(21-9)117(129)141-103)109-79(53-45-37-29-17-5)65-95(137-109)87-69-88(96-66-80(54-46-38-30-18-6)110(138-96)100-62-76(50-42-34-26-14-2)92(134-100)72-104-114(126)122(22-10)118(130)142-104)84-59-60-86-90(98-68-82(56-48-40-32-20-8)112(140-98)102-64-78(52-44-36-28-16-4)94(136-102)74-106-116(128)124(24-12)120(132)144-106)70-89(85-58-57-83(87)107(84)108(85)86)97-67-81(55-47-39-31-19-7)111(139-97)101-63-77(51-43-35-27-15-3)93(135-101)73-105-115(127)123(23-11)119(131)143-105/h57-74H,13-56H2,1-12H3/b103-71-,104-72-,105-73-,106-74-. The van der Waals surface area contributed by atoms with Gasteiger partial charge in [0, 0.05) is 126 Å². The number of thiophene rings is 8. The predicted molar refractivity (Wildman–Crippen MR) is 662 cm³/mol. The van der Waals surface area contributed by atoms with Crippen molar-refractivity contribution in [3.05, 3.63) is 169 Å². The molecule has 0 atom stereocenters. The van der Waals surface area contributed by atoms with Gasteiger partial charge in [-0.05, 0) is 292 Å². The van der Waals surface area contributed by atoms with Gasteiger partial charge < -0.3 is 0 Å². The van der Waals surface area contributed by atoms with E-state index in [-0.39, 0.29) is 23.6 Å². The Balaban J connectivity index is 0.994. The van der Waals surface area contributed by atoms with Crippen LogP contribution in [-0.2, 0) is 70.5 Å². The average Bonchev–Trinajstić information content (AvgIpc) is 1.45. The van der Waals surface area contributed by atoms with Gasteiger partial charge in [0.25, 0.3) is 23.6 Å². The van der Waals surface area contributed by atoms with Crippen LogP contribution in [0.25, 0.3) is 137 Å². The molecule has 4 aliphatic heterocycles. The molecule has 4 saturated heterocycles. The van der Waals surface area contributed by atoms with E-state index in [1.807, 2.05) is 118 Å². The molecular weight excluding hydrogens is 2070 g/mol. The highest BCUT2D eigenvalue weighted by molar-refractivity contribution is 8.28. The van der Waals surface area contributed by atoms with Crippen LogP contribution in [0.3, 0.4) is 0 Å². The largest absolute Gasteiger partial charge is 0.293 e. The summed E-state index contributed by atoms with van der Waals surface area (Å²) in [6, 6.07) is 35.9. The lowest BCUT2D eigenvalue weighted by Gasteiger charge is -2.20. The van der Waals surface area contributed by atoms with E-state index in [1.165, 1.54) is 256 Å². The van der Waals surface area contributed by atoms with Crippen LogP contribution < -0.4 is 0 Å². The van der Waals surface area contributed by atoms with Crippen LogP contribution in [-0.4, -0.2) is 86.7 Å². The molecule has 24 heteroatoms. The van der Waals surface area contributed by atoms with Gasteiger partial charge in [0.1, 0.15) is 17.3 Å². The molecule has 0 unspecified atom stereocenters. The average molecular weight is 2220 g/mol. The number of hydrogen-bond donors (Lipinski definition) is 0. The molecule has 4 fully saturated rings. The van der Waals surface area contributed by atoms with Gasteiger partial charge in [0.2, 0.25) is 0 Å². The fraction of sp³-hybridized carbons (Fsp3) is 0.467. The summed E-state index contributed by atoms with van der Waals surface area (Å²) in [5, 5.41) is 7.56. The molecule has 8 nitrogen and oxygen atoms in total. The van der Waals surface area contributed by atoms with E-state index < -0.39 is 0 Å². The molecule has 0 N–H and O–H groups in total. The van der Waals surface area contributed by atoms with Crippen molar-refractivity contribution in [3.8, 4) is 80.8 Å². The second kappa shape index (κ2) is 53.4. The molecule has 0 saturated carbocycles. The summed E-state index contributed by atoms with van der Waals surface area (Å²) in [6.45, 7) is 28.7. The van der Waals surface area contributed by atoms with Crippen LogP contribution in [0.2, 0.25) is 0 Å². The van der Waals surface area contributed by atoms with Gasteiger partial charge in [0.15, 0.2) is 0 Å². The van der Waals surface area contributed by atoms with E-state index >= 15 is 0 Å². The van der Waals surface area contributed by atoms with Crippen molar-refractivity contribution in [2.24, 2.45) is 0 Å². The lowest BCUT2D eigenvalue weighted by Crippen LogP contribution is -2.27. The Morgan fingerprint density at radius 2 is 0.403 bits per heavy atom. The van der Waals surface area contributed by atoms with E-state index in [0.717, 1.165) is 225 Å². The first-order valence-electron chi connectivity index (χ1n) is 54.1. The third-order valence-corrected chi connectivity index (χ3v) is 44.2. The van der Waals surface area contributed by atoms with Crippen molar-refractivity contribution < 1.29 is 19.2 Å². The van der Waals surface area contributed by atoms with Gasteiger partial charge in [-0.15, -0.1) is 90.7 Å². The number of thioether (sulfide) groups is 4. The third-order valence-electron chi connectivity index (χ3n) is 28.7. The number of benzene rings is 4. The Morgan fingerprint density at radius 1 is 0.222 bits per heavy atom. The molecule has 0 bridgehead atoms. The van der Waals surface area contributed by atoms with Crippen LogP contribution >= 0.6 is 187 Å². The Morgan fingerprint density at radius 3 is 0.576 bits per heavy atom. The monoisotopic (exact) mass is 2210 g/mol. The van der Waals surface area contributed by atoms with E-state index in [9.17, 15) is 19.2 Å². The highest BCUT2D eigenvalue weighted by Gasteiger charge is 2.38. The van der Waals surface area contributed by atoms with Gasteiger partial charge in [-0.3, -0.25) is 38.8 Å². The molecule has 4 amide bonds. The Kier molecular flexibility index (Phi) is 41.1. The topological polar surface area (TPSA) is 81.2 Å². The number of thiocarbonyl (C=S) groups is 4. The summed E-state index contributed by atoms with van der Waals surface area (Å²) in [5.74, 6) is 0.0171. The summed E-state index contributed by atoms with van der Waals surface area (Å²) in [4.78, 5) is 87.1. The van der Waals surface area contributed by atoms with Gasteiger partial charge in [0.05, 0.1) is 19.6 Å². The zero-order chi connectivity index (χ0) is 101. The zero-order valence-corrected chi connectivity index (χ0v) is 99.5. The number of hydrogen-bond acceptors (Lipinski definition) is 20. The highest BCUT2D eigenvalue weighted by atomic mass is 32.2. The smallest absolute Gasteiger partial charge is 0.266 e. The van der Waals surface area contributed by atoms with Gasteiger partial charge >= 0.3 is 0 Å². The number of carbonyl (C=O) groups is 4. The normalized spacial score (nSPS) is 15.6. The van der Waals surface area contributed by atoms with Crippen molar-refractivity contribution in [3.63, 3.8) is 0 Å². The maximum atomic E-state index is 14.3. The number of aryl methyl sites for hydroxylation is 8. The second-order valence-corrected chi connectivity index (χ2v) is 54.3. The van der Waals surface area contributed by atoms with Crippen molar-refractivity contribution in [2.45, 2.75) is 340 Å². The lowest BCUT2D eigenvalue weighted by atomic mass is 9.85. The quantitative estimate of drug-likeness (QED) is 0.0158. The minimum atomic E-state index is 0.00427. The molecule has 762 valence electrons. The highest BCUT2D eigenvalue weighted by Crippen LogP contribution is 2.58. The minimum Gasteiger partial charge on any atom is -0.293 e. The van der Waals surface area contributed by atoms with Crippen LogP contribution in [0.4, 0.5) is 0 Å². The molecule has 12 heterocycles. The molecule has 144 heavy (non-hydrogen) atoms. The number of amides is 4. The maximum Gasteiger partial charge on any atom is 0.266 e. The maximum absolute atomic E-state index is 14.3. The first kappa shape index (κ1) is 111. The van der Waals surface area contributed by atoms with E-state index in [2.05, 4.69) is 165 Å². The number of nitrogens with zero attached hydrogens (tertiary/aromatic N) is 4. The van der Waals surface area contributed by atoms with Crippen LogP contribution in [0.15, 0.2) is 105 Å². The summed E-state index contributed by atoms with van der Waals surface area (Å²) >= 11 is 44.8. The minimum absolute atomic E-state index is 0.00427. The number of rotatable bonds is 56. The summed E-state index contributed by atoms with van der Waals surface area (Å²) < 4.78 is 2.52. The molecule has 4 aromatic carbocycles. The molecule has 0 spiro atoms. The number of likely N-dealkylation sites (N-methyl/N-ethyl adjacent to an activating group) is 4. The van der Waals surface area contributed by atoms with Gasteiger partial charge in [-0.1, -0.05) is 330 Å². The third kappa shape index (κ3) is 25.5. The Bertz CT molecular complexity index is 5980. The van der Waals surface area contributed by atoms with Crippen molar-refractivity contribution in [1.29, 1.82) is 0 Å². The summed E-state index contributed by atoms with van der Waals surface area (Å²) in [6.07, 6.45) is 53.0. The van der Waals surface area contributed by atoms with Crippen molar-refractivity contribution >= 4 is 284 Å². The molecule has 12 aromatic rings. The van der Waals surface area contributed by atoms with Crippen LogP contribution in [0.1, 0.15) is 353 Å². The first-order valence-corrected chi connectivity index (χ1v) is 65.5. The SMILES string of the molecule is CCCCCCc1cc(-c2sc(-c3cc(-c4cc(CCCCCC)c(-c5cc(CCCCCC)c(/C=C6\SC(=S)N(CC)C6=O)s5)s4)c4ccc5c(-c6cc(CCCCCC)c(-c7cc(CCCCCC)c(/C=C8\SC(=S)N(CC)C8=O)s7)s6)cc(-c6cc(CCCCCC)c(-c7cc(CCCCCC)c(/C=C8\SC(=S)N(CC)C8=O)s7)s6)c6ccc3c4c65)cc2CCCCCC)sc1/C=C1\SC(=S)N(CC)C1=O. The summed E-state index contributed by atoms with van der Waals surface area (Å²) in [5.41, 5.74) is 15.8. The van der Waals surface area contributed by atoms with Gasteiger partial charge in [-0.25, -0.2) is 0 Å². The Hall–Kier alpha value is -5.88.